The Bertz CT molecular complexity index is 901. The Labute approximate surface area is 169 Å². The molecule has 1 aliphatic rings. The van der Waals surface area contributed by atoms with Crippen LogP contribution in [0.5, 0.6) is 0 Å². The Balaban J connectivity index is 1.70. The van der Waals surface area contributed by atoms with Gasteiger partial charge in [-0.3, -0.25) is 19.7 Å². The Morgan fingerprint density at radius 2 is 1.69 bits per heavy atom. The number of benzene rings is 2. The van der Waals surface area contributed by atoms with E-state index in [0.717, 1.165) is 6.42 Å². The number of likely N-dealkylation sites (tertiary alicyclic amines) is 1. The van der Waals surface area contributed by atoms with E-state index in [4.69, 9.17) is 0 Å². The number of hydrogen-bond acceptors (Lipinski definition) is 4. The summed E-state index contributed by atoms with van der Waals surface area (Å²) in [5.74, 6) is 0.548. The molecule has 2 aromatic carbocycles. The summed E-state index contributed by atoms with van der Waals surface area (Å²) < 4.78 is 0. The lowest BCUT2D eigenvalue weighted by atomic mass is 9.91. The Morgan fingerprint density at radius 1 is 1.07 bits per heavy atom. The summed E-state index contributed by atoms with van der Waals surface area (Å²) in [6, 6.07) is 12.9. The Morgan fingerprint density at radius 3 is 2.31 bits per heavy atom. The van der Waals surface area contributed by atoms with Gasteiger partial charge in [-0.2, -0.15) is 0 Å². The number of nitrogens with zero attached hydrogens (tertiary/aromatic N) is 2. The second-order valence-electron chi connectivity index (χ2n) is 7.85. The van der Waals surface area contributed by atoms with E-state index in [1.807, 2.05) is 4.90 Å². The molecule has 1 heterocycles. The molecule has 1 N–H and O–H groups in total. The topological polar surface area (TPSA) is 92.6 Å². The zero-order chi connectivity index (χ0) is 21.0. The lowest BCUT2D eigenvalue weighted by Crippen LogP contribution is -2.42. The van der Waals surface area contributed by atoms with Crippen molar-refractivity contribution in [3.8, 4) is 0 Å². The monoisotopic (exact) mass is 395 g/mol. The molecule has 7 nitrogen and oxygen atoms in total. The van der Waals surface area contributed by atoms with E-state index in [9.17, 15) is 19.7 Å². The number of carbonyl (C=O) groups is 2. The third kappa shape index (κ3) is 5.19. The van der Waals surface area contributed by atoms with Crippen molar-refractivity contribution in [1.29, 1.82) is 0 Å². The number of para-hydroxylation sites is 1. The predicted molar refractivity (Wildman–Crippen MR) is 111 cm³/mol. The average molecular weight is 395 g/mol. The first-order valence-corrected chi connectivity index (χ1v) is 9.75. The number of non-ortho nitro benzene ring substituents is 1. The van der Waals surface area contributed by atoms with Gasteiger partial charge in [0.2, 0.25) is 5.91 Å². The van der Waals surface area contributed by atoms with E-state index < -0.39 is 4.92 Å². The normalized spacial score (nSPS) is 18.9. The Hall–Kier alpha value is -3.22. The fraction of sp³-hybridized carbons (Fsp3) is 0.364. The van der Waals surface area contributed by atoms with Gasteiger partial charge >= 0.3 is 0 Å². The summed E-state index contributed by atoms with van der Waals surface area (Å²) in [5, 5.41) is 13.6. The number of carbonyl (C=O) groups excluding carboxylic acids is 2. The maximum Gasteiger partial charge on any atom is 0.269 e. The molecule has 152 valence electrons. The first-order valence-electron chi connectivity index (χ1n) is 9.75. The van der Waals surface area contributed by atoms with Gasteiger partial charge in [0.15, 0.2) is 0 Å². The molecule has 2 aromatic rings. The van der Waals surface area contributed by atoms with Gasteiger partial charge in [-0.05, 0) is 36.0 Å². The first-order chi connectivity index (χ1) is 13.8. The van der Waals surface area contributed by atoms with Gasteiger partial charge in [0.05, 0.1) is 22.6 Å². The molecule has 0 unspecified atom stereocenters. The molecule has 0 aliphatic carbocycles. The molecule has 0 aromatic heterocycles. The van der Waals surface area contributed by atoms with Crippen molar-refractivity contribution in [1.82, 2.24) is 4.90 Å². The lowest BCUT2D eigenvalue weighted by molar-refractivity contribution is -0.384. The highest BCUT2D eigenvalue weighted by Gasteiger charge is 2.27. The van der Waals surface area contributed by atoms with Crippen LogP contribution in [0, 0.1) is 22.0 Å². The molecule has 0 spiro atoms. The molecule has 3 rings (SSSR count). The van der Waals surface area contributed by atoms with Crippen LogP contribution < -0.4 is 5.32 Å². The van der Waals surface area contributed by atoms with E-state index in [1.54, 1.807) is 36.4 Å². The third-order valence-corrected chi connectivity index (χ3v) is 5.10. The summed E-state index contributed by atoms with van der Waals surface area (Å²) >= 11 is 0. The third-order valence-electron chi connectivity index (χ3n) is 5.10. The smallest absolute Gasteiger partial charge is 0.269 e. The fourth-order valence-electron chi connectivity index (χ4n) is 3.89. The second-order valence-corrected chi connectivity index (χ2v) is 7.85. The van der Waals surface area contributed by atoms with Crippen molar-refractivity contribution in [2.75, 3.05) is 18.4 Å². The van der Waals surface area contributed by atoms with Gasteiger partial charge in [-0.25, -0.2) is 0 Å². The van der Waals surface area contributed by atoms with Crippen LogP contribution in [0.3, 0.4) is 0 Å². The second kappa shape index (κ2) is 8.86. The summed E-state index contributed by atoms with van der Waals surface area (Å²) in [6.07, 6.45) is 1.18. The zero-order valence-corrected chi connectivity index (χ0v) is 16.6. The number of nitrogens with one attached hydrogen (secondary N) is 1. The largest absolute Gasteiger partial charge is 0.338 e. The summed E-state index contributed by atoms with van der Waals surface area (Å²) in [7, 11) is 0. The highest BCUT2D eigenvalue weighted by Crippen LogP contribution is 2.25. The van der Waals surface area contributed by atoms with Crippen LogP contribution in [0.25, 0.3) is 0 Å². The van der Waals surface area contributed by atoms with E-state index in [0.29, 0.717) is 41.7 Å². The molecular weight excluding hydrogens is 370 g/mol. The molecule has 0 bridgehead atoms. The molecule has 0 radical (unpaired) electrons. The van der Waals surface area contributed by atoms with Crippen molar-refractivity contribution in [2.24, 2.45) is 11.8 Å². The molecular formula is C22H25N3O4. The van der Waals surface area contributed by atoms with Gasteiger partial charge in [-0.1, -0.05) is 38.1 Å². The minimum absolute atomic E-state index is 0.0184. The molecule has 1 fully saturated rings. The van der Waals surface area contributed by atoms with Crippen LogP contribution in [0.2, 0.25) is 0 Å². The van der Waals surface area contributed by atoms with Crippen LogP contribution in [-0.4, -0.2) is 34.7 Å². The van der Waals surface area contributed by atoms with Crippen LogP contribution in [-0.2, 0) is 11.2 Å². The van der Waals surface area contributed by atoms with Gasteiger partial charge in [0, 0.05) is 25.2 Å². The number of amides is 2. The van der Waals surface area contributed by atoms with Gasteiger partial charge in [0.1, 0.15) is 0 Å². The van der Waals surface area contributed by atoms with Crippen molar-refractivity contribution in [3.05, 3.63) is 69.8 Å². The molecule has 7 heteroatoms. The highest BCUT2D eigenvalue weighted by atomic mass is 16.6. The minimum atomic E-state index is -0.478. The first kappa shape index (κ1) is 20.5. The Kier molecular flexibility index (Phi) is 6.26. The van der Waals surface area contributed by atoms with Crippen molar-refractivity contribution < 1.29 is 14.5 Å². The average Bonchev–Trinajstić information content (AvgIpc) is 2.67. The van der Waals surface area contributed by atoms with Crippen molar-refractivity contribution >= 4 is 23.2 Å². The maximum atomic E-state index is 13.1. The van der Waals surface area contributed by atoms with Gasteiger partial charge in [-0.15, -0.1) is 0 Å². The van der Waals surface area contributed by atoms with Crippen LogP contribution in [0.15, 0.2) is 48.5 Å². The van der Waals surface area contributed by atoms with Crippen LogP contribution >= 0.6 is 0 Å². The fourth-order valence-corrected chi connectivity index (χ4v) is 3.89. The predicted octanol–water partition coefficient (Wildman–Crippen LogP) is 3.89. The number of rotatable bonds is 5. The van der Waals surface area contributed by atoms with E-state index in [1.165, 1.54) is 12.1 Å². The number of nitro benzene ring substituents is 1. The lowest BCUT2D eigenvalue weighted by Gasteiger charge is -2.35. The number of hydrogen-bond donors (Lipinski definition) is 1. The minimum Gasteiger partial charge on any atom is -0.338 e. The molecule has 0 saturated carbocycles. The molecule has 2 amide bonds. The van der Waals surface area contributed by atoms with Crippen molar-refractivity contribution in [3.63, 3.8) is 0 Å². The van der Waals surface area contributed by atoms with Gasteiger partial charge in [0.25, 0.3) is 11.6 Å². The molecule has 1 saturated heterocycles. The summed E-state index contributed by atoms with van der Waals surface area (Å²) in [5.41, 5.74) is 1.60. The zero-order valence-electron chi connectivity index (χ0n) is 16.6. The van der Waals surface area contributed by atoms with Gasteiger partial charge < -0.3 is 10.2 Å². The maximum absolute atomic E-state index is 13.1. The van der Waals surface area contributed by atoms with Crippen LogP contribution in [0.4, 0.5) is 11.4 Å². The molecule has 1 aliphatic heterocycles. The SMILES string of the molecule is C[C@H]1C[C@H](C)CN(C(=O)c2ccccc2NC(=O)Cc2ccc([N+](=O)[O-])cc2)C1. The number of nitro groups is 1. The summed E-state index contributed by atoms with van der Waals surface area (Å²) in [6.45, 7) is 5.73. The number of anilines is 1. The van der Waals surface area contributed by atoms with E-state index >= 15 is 0 Å². The standard InChI is InChI=1S/C22H25N3O4/c1-15-11-16(2)14-24(13-15)22(27)19-5-3-4-6-20(19)23-21(26)12-17-7-9-18(10-8-17)25(28)29/h3-10,15-16H,11-14H2,1-2H3,(H,23,26)/t15-,16-/m0/s1. The van der Waals surface area contributed by atoms with E-state index in [-0.39, 0.29) is 23.9 Å². The van der Waals surface area contributed by atoms with Crippen molar-refractivity contribution in [2.45, 2.75) is 26.7 Å². The molecule has 2 atom stereocenters. The van der Waals surface area contributed by atoms with E-state index in [2.05, 4.69) is 19.2 Å². The molecule has 29 heavy (non-hydrogen) atoms. The number of piperidine rings is 1. The van der Waals surface area contributed by atoms with Crippen LogP contribution in [0.1, 0.15) is 36.2 Å². The highest BCUT2D eigenvalue weighted by molar-refractivity contribution is 6.04. The summed E-state index contributed by atoms with van der Waals surface area (Å²) in [4.78, 5) is 37.7. The quantitative estimate of drug-likeness (QED) is 0.614.